The summed E-state index contributed by atoms with van der Waals surface area (Å²) < 4.78 is 38.1. The van der Waals surface area contributed by atoms with Crippen LogP contribution in [-0.4, -0.2) is 66.1 Å². The van der Waals surface area contributed by atoms with Gasteiger partial charge < -0.3 is 19.3 Å². The SMILES string of the molecule is CN1C(=O)CC(C(=O)N2CCOC(COc3cc(F)ccc3F)C2)C1c1cccnc1. The molecule has 1 aromatic carbocycles. The van der Waals surface area contributed by atoms with Crippen molar-refractivity contribution in [3.05, 3.63) is 59.9 Å². The quantitative estimate of drug-likeness (QED) is 0.726. The molecule has 2 aromatic rings. The zero-order chi connectivity index (χ0) is 22.0. The fourth-order valence-corrected chi connectivity index (χ4v) is 4.12. The van der Waals surface area contributed by atoms with Crippen molar-refractivity contribution in [2.75, 3.05) is 33.4 Å². The standard InChI is InChI=1S/C22H23F2N3O4/c1-26-20(28)10-17(21(26)14-3-2-6-25-11-14)22(29)27-7-8-30-16(12-27)13-31-19-9-15(23)4-5-18(19)24/h2-6,9,11,16-17,21H,7-8,10,12-13H2,1H3. The zero-order valence-electron chi connectivity index (χ0n) is 17.0. The van der Waals surface area contributed by atoms with Gasteiger partial charge in [-0.05, 0) is 23.8 Å². The molecule has 4 rings (SSSR count). The van der Waals surface area contributed by atoms with E-state index in [1.807, 2.05) is 6.07 Å². The number of ether oxygens (including phenoxy) is 2. The molecular weight excluding hydrogens is 408 g/mol. The van der Waals surface area contributed by atoms with Crippen molar-refractivity contribution in [3.8, 4) is 5.75 Å². The molecule has 0 saturated carbocycles. The van der Waals surface area contributed by atoms with E-state index in [1.165, 1.54) is 0 Å². The number of carbonyl (C=O) groups is 2. The van der Waals surface area contributed by atoms with Crippen molar-refractivity contribution in [2.45, 2.75) is 18.6 Å². The summed E-state index contributed by atoms with van der Waals surface area (Å²) in [5.41, 5.74) is 0.809. The fourth-order valence-electron chi connectivity index (χ4n) is 4.12. The smallest absolute Gasteiger partial charge is 0.228 e. The van der Waals surface area contributed by atoms with Crippen LogP contribution in [0.5, 0.6) is 5.75 Å². The van der Waals surface area contributed by atoms with Gasteiger partial charge in [0.25, 0.3) is 0 Å². The van der Waals surface area contributed by atoms with Crippen LogP contribution in [0, 0.1) is 17.6 Å². The van der Waals surface area contributed by atoms with Crippen molar-refractivity contribution in [2.24, 2.45) is 5.92 Å². The van der Waals surface area contributed by atoms with Gasteiger partial charge in [0.15, 0.2) is 11.6 Å². The number of pyridine rings is 1. The minimum absolute atomic E-state index is 0.0281. The second kappa shape index (κ2) is 8.97. The van der Waals surface area contributed by atoms with Gasteiger partial charge in [-0.3, -0.25) is 14.6 Å². The van der Waals surface area contributed by atoms with Crippen LogP contribution in [0.2, 0.25) is 0 Å². The Balaban J connectivity index is 1.43. The molecule has 7 nitrogen and oxygen atoms in total. The van der Waals surface area contributed by atoms with E-state index in [9.17, 15) is 18.4 Å². The zero-order valence-corrected chi connectivity index (χ0v) is 17.0. The normalized spacial score (nSPS) is 23.8. The van der Waals surface area contributed by atoms with E-state index in [-0.39, 0.29) is 43.2 Å². The Morgan fingerprint density at radius 1 is 1.32 bits per heavy atom. The number of hydrogen-bond acceptors (Lipinski definition) is 5. The first-order valence-corrected chi connectivity index (χ1v) is 10.1. The van der Waals surface area contributed by atoms with Crippen LogP contribution < -0.4 is 4.74 Å². The number of hydrogen-bond donors (Lipinski definition) is 0. The maximum Gasteiger partial charge on any atom is 0.228 e. The maximum absolute atomic E-state index is 13.8. The lowest BCUT2D eigenvalue weighted by Crippen LogP contribution is -2.50. The van der Waals surface area contributed by atoms with Gasteiger partial charge in [-0.15, -0.1) is 0 Å². The highest BCUT2D eigenvalue weighted by molar-refractivity contribution is 5.90. The molecule has 0 aliphatic carbocycles. The Morgan fingerprint density at radius 2 is 2.16 bits per heavy atom. The van der Waals surface area contributed by atoms with Crippen molar-refractivity contribution in [1.82, 2.24) is 14.8 Å². The summed E-state index contributed by atoms with van der Waals surface area (Å²) in [6.45, 7) is 0.890. The molecular formula is C22H23F2N3O4. The summed E-state index contributed by atoms with van der Waals surface area (Å²) in [7, 11) is 1.69. The fraction of sp³-hybridized carbons (Fsp3) is 0.409. The van der Waals surface area contributed by atoms with E-state index >= 15 is 0 Å². The average molecular weight is 431 g/mol. The molecule has 0 N–H and O–H groups in total. The lowest BCUT2D eigenvalue weighted by molar-refractivity contribution is -0.145. The first-order chi connectivity index (χ1) is 14.9. The second-order valence-corrected chi connectivity index (χ2v) is 7.71. The van der Waals surface area contributed by atoms with Crippen LogP contribution in [0.4, 0.5) is 8.78 Å². The van der Waals surface area contributed by atoms with Crippen molar-refractivity contribution in [1.29, 1.82) is 0 Å². The molecule has 1 aromatic heterocycles. The molecule has 2 saturated heterocycles. The number of rotatable bonds is 5. The predicted molar refractivity (Wildman–Crippen MR) is 106 cm³/mol. The lowest BCUT2D eigenvalue weighted by Gasteiger charge is -2.35. The van der Waals surface area contributed by atoms with E-state index < -0.39 is 23.7 Å². The third-order valence-corrected chi connectivity index (χ3v) is 5.70. The Labute approximate surface area is 178 Å². The average Bonchev–Trinajstić information content (AvgIpc) is 3.09. The molecule has 31 heavy (non-hydrogen) atoms. The van der Waals surface area contributed by atoms with Gasteiger partial charge in [0.2, 0.25) is 11.8 Å². The van der Waals surface area contributed by atoms with Crippen LogP contribution in [0.1, 0.15) is 18.0 Å². The maximum atomic E-state index is 13.8. The van der Waals surface area contributed by atoms with Gasteiger partial charge in [0.05, 0.1) is 25.1 Å². The molecule has 3 unspecified atom stereocenters. The number of halogens is 2. The number of morpholine rings is 1. The molecule has 9 heteroatoms. The predicted octanol–water partition coefficient (Wildman–Crippen LogP) is 2.19. The Bertz CT molecular complexity index is 959. The Hall–Kier alpha value is -3.07. The minimum atomic E-state index is -0.669. The van der Waals surface area contributed by atoms with Gasteiger partial charge >= 0.3 is 0 Å². The molecule has 2 amide bonds. The number of aromatic nitrogens is 1. The van der Waals surface area contributed by atoms with Crippen LogP contribution in [0.15, 0.2) is 42.7 Å². The number of benzene rings is 1. The summed E-state index contributed by atoms with van der Waals surface area (Å²) in [5.74, 6) is -2.24. The Morgan fingerprint density at radius 3 is 2.94 bits per heavy atom. The van der Waals surface area contributed by atoms with Gasteiger partial charge in [-0.2, -0.15) is 0 Å². The topological polar surface area (TPSA) is 72.0 Å². The number of nitrogens with zero attached hydrogens (tertiary/aromatic N) is 3. The van der Waals surface area contributed by atoms with E-state index in [1.54, 1.807) is 35.3 Å². The lowest BCUT2D eigenvalue weighted by atomic mass is 9.93. The van der Waals surface area contributed by atoms with E-state index in [4.69, 9.17) is 9.47 Å². The molecule has 3 heterocycles. The number of amides is 2. The number of carbonyl (C=O) groups excluding carboxylic acids is 2. The molecule has 0 radical (unpaired) electrons. The summed E-state index contributed by atoms with van der Waals surface area (Å²) in [6.07, 6.45) is 2.95. The molecule has 0 bridgehead atoms. The summed E-state index contributed by atoms with van der Waals surface area (Å²) in [4.78, 5) is 33.0. The second-order valence-electron chi connectivity index (χ2n) is 7.71. The summed E-state index contributed by atoms with van der Waals surface area (Å²) >= 11 is 0. The summed E-state index contributed by atoms with van der Waals surface area (Å²) in [5, 5.41) is 0. The molecule has 2 aliphatic rings. The molecule has 2 fully saturated rings. The molecule has 2 aliphatic heterocycles. The van der Waals surface area contributed by atoms with Gasteiger partial charge in [-0.1, -0.05) is 6.07 Å². The number of likely N-dealkylation sites (tertiary alicyclic amines) is 1. The van der Waals surface area contributed by atoms with Crippen molar-refractivity contribution < 1.29 is 27.8 Å². The van der Waals surface area contributed by atoms with Crippen LogP contribution in [-0.2, 0) is 14.3 Å². The Kier molecular flexibility index (Phi) is 6.13. The summed E-state index contributed by atoms with van der Waals surface area (Å²) in [6, 6.07) is 6.23. The van der Waals surface area contributed by atoms with Gasteiger partial charge in [-0.25, -0.2) is 8.78 Å². The van der Waals surface area contributed by atoms with Gasteiger partial charge in [0.1, 0.15) is 18.5 Å². The molecule has 164 valence electrons. The van der Waals surface area contributed by atoms with Gasteiger partial charge in [0, 0.05) is 38.5 Å². The van der Waals surface area contributed by atoms with E-state index in [0.717, 1.165) is 23.8 Å². The highest BCUT2D eigenvalue weighted by Crippen LogP contribution is 2.38. The third-order valence-electron chi connectivity index (χ3n) is 5.70. The van der Waals surface area contributed by atoms with E-state index in [2.05, 4.69) is 4.98 Å². The van der Waals surface area contributed by atoms with Crippen molar-refractivity contribution in [3.63, 3.8) is 0 Å². The highest BCUT2D eigenvalue weighted by atomic mass is 19.1. The first-order valence-electron chi connectivity index (χ1n) is 10.1. The van der Waals surface area contributed by atoms with E-state index in [0.29, 0.717) is 13.2 Å². The molecule has 3 atom stereocenters. The third kappa shape index (κ3) is 4.51. The molecule has 0 spiro atoms. The minimum Gasteiger partial charge on any atom is -0.488 e. The monoisotopic (exact) mass is 431 g/mol. The van der Waals surface area contributed by atoms with Crippen LogP contribution >= 0.6 is 0 Å². The highest BCUT2D eigenvalue weighted by Gasteiger charge is 2.45. The van der Waals surface area contributed by atoms with Crippen molar-refractivity contribution >= 4 is 11.8 Å². The largest absolute Gasteiger partial charge is 0.488 e. The van der Waals surface area contributed by atoms with Crippen LogP contribution in [0.25, 0.3) is 0 Å². The van der Waals surface area contributed by atoms with Crippen LogP contribution in [0.3, 0.4) is 0 Å². The first kappa shape index (κ1) is 21.2.